The Morgan fingerprint density at radius 2 is 1.62 bits per heavy atom. The summed E-state index contributed by atoms with van der Waals surface area (Å²) in [7, 11) is 0. The maximum Gasteiger partial charge on any atom is 0.178 e. The van der Waals surface area contributed by atoms with Crippen LogP contribution < -0.4 is 0 Å². The molecule has 8 heavy (non-hydrogen) atoms. The number of hydrogen-bond donors (Lipinski definition) is 0. The molecule has 1 nitrogen and oxygen atoms in total. The fraction of sp³-hybridized carbons (Fsp3) is 0. The van der Waals surface area contributed by atoms with E-state index in [-0.39, 0.29) is 5.75 Å². The maximum atomic E-state index is 10.4. The zero-order valence-corrected chi connectivity index (χ0v) is 4.85. The number of rotatable bonds is 0. The molecule has 41 valence electrons. The lowest BCUT2D eigenvalue weighted by molar-refractivity contribution is 0.355. The van der Waals surface area contributed by atoms with Gasteiger partial charge in [0.15, 0.2) is 5.75 Å². The van der Waals surface area contributed by atoms with Crippen LogP contribution in [0.5, 0.6) is 5.75 Å². The van der Waals surface area contributed by atoms with Gasteiger partial charge in [0.1, 0.15) is 0 Å². The van der Waals surface area contributed by atoms with Crippen LogP contribution in [0.15, 0.2) is 24.3 Å². The number of hydrogen-bond acceptors (Lipinski definition) is 0. The van der Waals surface area contributed by atoms with Crippen molar-refractivity contribution < 1.29 is 5.11 Å². The van der Waals surface area contributed by atoms with E-state index in [0.29, 0.717) is 5.02 Å². The van der Waals surface area contributed by atoms with E-state index >= 15 is 0 Å². The summed E-state index contributed by atoms with van der Waals surface area (Å²) < 4.78 is 0. The molecule has 0 unspecified atom stereocenters. The number of benzene rings is 1. The van der Waals surface area contributed by atoms with E-state index in [1.54, 1.807) is 12.1 Å². The third kappa shape index (κ3) is 1.14. The molecule has 0 aliphatic rings. The number of halogens is 1. The molecular weight excluding hydrogens is 124 g/mol. The van der Waals surface area contributed by atoms with E-state index in [9.17, 15) is 5.11 Å². The van der Waals surface area contributed by atoms with Crippen LogP contribution in [0.25, 0.3) is 0 Å². The lowest BCUT2D eigenvalue weighted by Gasteiger charge is -1.84. The highest BCUT2D eigenvalue weighted by Crippen LogP contribution is 2.13. The van der Waals surface area contributed by atoms with Crippen LogP contribution in [0.4, 0.5) is 0 Å². The van der Waals surface area contributed by atoms with Gasteiger partial charge in [0, 0.05) is 5.02 Å². The van der Waals surface area contributed by atoms with Crippen LogP contribution in [0, 0.1) is 0 Å². The lowest BCUT2D eigenvalue weighted by Crippen LogP contribution is -1.59. The molecule has 1 rings (SSSR count). The van der Waals surface area contributed by atoms with E-state index in [0.717, 1.165) is 0 Å². The highest BCUT2D eigenvalue weighted by Gasteiger charge is 1.86. The molecule has 0 aliphatic carbocycles. The van der Waals surface area contributed by atoms with Crippen molar-refractivity contribution in [1.82, 2.24) is 0 Å². The van der Waals surface area contributed by atoms with E-state index < -0.39 is 0 Å². The molecule has 0 saturated carbocycles. The second kappa shape index (κ2) is 2.05. The normalized spacial score (nSPS) is 9.12. The Kier molecular flexibility index (Phi) is 1.40. The van der Waals surface area contributed by atoms with Gasteiger partial charge in [-0.15, -0.1) is 0 Å². The maximum absolute atomic E-state index is 10.4. The predicted molar refractivity (Wildman–Crippen MR) is 31.6 cm³/mol. The average Bonchev–Trinajstić information content (AvgIpc) is 1.77. The molecule has 0 bridgehead atoms. The van der Waals surface area contributed by atoms with Crippen molar-refractivity contribution in [3.05, 3.63) is 29.3 Å². The van der Waals surface area contributed by atoms with Crippen molar-refractivity contribution in [2.75, 3.05) is 0 Å². The van der Waals surface area contributed by atoms with Crippen LogP contribution in [-0.2, 0) is 5.11 Å². The molecule has 0 atom stereocenters. The third-order valence-corrected chi connectivity index (χ3v) is 1.07. The summed E-state index contributed by atoms with van der Waals surface area (Å²) in [5, 5.41) is 11.0. The second-order valence-corrected chi connectivity index (χ2v) is 1.89. The fourth-order valence-electron chi connectivity index (χ4n) is 0.435. The summed E-state index contributed by atoms with van der Waals surface area (Å²) in [5.41, 5.74) is 0. The summed E-state index contributed by atoms with van der Waals surface area (Å²) in [6.45, 7) is 0. The predicted octanol–water partition coefficient (Wildman–Crippen LogP) is 2.48. The fourth-order valence-corrected chi connectivity index (χ4v) is 0.561. The molecule has 0 fully saturated rings. The van der Waals surface area contributed by atoms with E-state index in [2.05, 4.69) is 0 Å². The van der Waals surface area contributed by atoms with Crippen molar-refractivity contribution >= 4 is 11.6 Å². The summed E-state index contributed by atoms with van der Waals surface area (Å²) in [4.78, 5) is 0. The highest BCUT2D eigenvalue weighted by molar-refractivity contribution is 6.30. The summed E-state index contributed by atoms with van der Waals surface area (Å²) >= 11 is 5.47. The molecule has 1 radical (unpaired) electrons. The minimum absolute atomic E-state index is 0.00519. The SMILES string of the molecule is [O]c1ccc(Cl)cc1. The molecule has 0 saturated heterocycles. The zero-order valence-electron chi connectivity index (χ0n) is 4.10. The second-order valence-electron chi connectivity index (χ2n) is 1.45. The van der Waals surface area contributed by atoms with Gasteiger partial charge in [-0.3, -0.25) is 5.11 Å². The molecule has 0 aliphatic heterocycles. The Hall–Kier alpha value is -0.690. The Morgan fingerprint density at radius 3 is 2.00 bits per heavy atom. The van der Waals surface area contributed by atoms with Gasteiger partial charge in [-0.2, -0.15) is 0 Å². The summed E-state index contributed by atoms with van der Waals surface area (Å²) in [5.74, 6) is -0.00519. The monoisotopic (exact) mass is 127 g/mol. The summed E-state index contributed by atoms with van der Waals surface area (Å²) in [6, 6.07) is 6.01. The first-order valence-electron chi connectivity index (χ1n) is 2.21. The standard InChI is InChI=1S/C6H4ClO/c7-5-1-3-6(8)4-2-5/h1-4H. The van der Waals surface area contributed by atoms with E-state index in [1.165, 1.54) is 12.1 Å². The first-order chi connectivity index (χ1) is 3.79. The van der Waals surface area contributed by atoms with Gasteiger partial charge >= 0.3 is 0 Å². The van der Waals surface area contributed by atoms with Crippen molar-refractivity contribution in [3.63, 3.8) is 0 Å². The van der Waals surface area contributed by atoms with Gasteiger partial charge in [0.25, 0.3) is 0 Å². The van der Waals surface area contributed by atoms with Crippen LogP contribution in [-0.4, -0.2) is 0 Å². The molecule has 1 aromatic rings. The molecule has 0 heterocycles. The van der Waals surface area contributed by atoms with Gasteiger partial charge in [-0.1, -0.05) is 11.6 Å². The minimum atomic E-state index is -0.00519. The Bertz CT molecular complexity index is 147. The first kappa shape index (κ1) is 5.45. The molecular formula is C6H4ClO. The van der Waals surface area contributed by atoms with Gasteiger partial charge in [-0.05, 0) is 24.3 Å². The van der Waals surface area contributed by atoms with Crippen molar-refractivity contribution in [1.29, 1.82) is 0 Å². The lowest BCUT2D eigenvalue weighted by atomic mass is 10.3. The van der Waals surface area contributed by atoms with Crippen molar-refractivity contribution in [3.8, 4) is 5.75 Å². The largest absolute Gasteiger partial charge is 0.290 e. The molecule has 0 amide bonds. The zero-order chi connectivity index (χ0) is 5.98. The van der Waals surface area contributed by atoms with Gasteiger partial charge < -0.3 is 0 Å². The van der Waals surface area contributed by atoms with Gasteiger partial charge in [0.05, 0.1) is 0 Å². The van der Waals surface area contributed by atoms with Crippen LogP contribution in [0.2, 0.25) is 5.02 Å². The van der Waals surface area contributed by atoms with Crippen molar-refractivity contribution in [2.45, 2.75) is 0 Å². The molecule has 1 aromatic carbocycles. The molecule has 0 aromatic heterocycles. The molecule has 0 N–H and O–H groups in total. The Labute approximate surface area is 52.5 Å². The van der Waals surface area contributed by atoms with Gasteiger partial charge in [-0.25, -0.2) is 0 Å². The quantitative estimate of drug-likeness (QED) is 0.510. The topological polar surface area (TPSA) is 19.9 Å². The van der Waals surface area contributed by atoms with Gasteiger partial charge in [0.2, 0.25) is 0 Å². The third-order valence-electron chi connectivity index (χ3n) is 0.814. The minimum Gasteiger partial charge on any atom is -0.290 e. The smallest absolute Gasteiger partial charge is 0.178 e. The molecule has 0 spiro atoms. The Morgan fingerprint density at radius 1 is 1.12 bits per heavy atom. The van der Waals surface area contributed by atoms with Crippen LogP contribution >= 0.6 is 11.6 Å². The first-order valence-corrected chi connectivity index (χ1v) is 2.59. The summed E-state index contributed by atoms with van der Waals surface area (Å²) in [6.07, 6.45) is 0. The van der Waals surface area contributed by atoms with E-state index in [4.69, 9.17) is 11.6 Å². The molecule has 2 heteroatoms. The van der Waals surface area contributed by atoms with Crippen LogP contribution in [0.3, 0.4) is 0 Å². The highest BCUT2D eigenvalue weighted by atomic mass is 35.5. The van der Waals surface area contributed by atoms with E-state index in [1.807, 2.05) is 0 Å². The van der Waals surface area contributed by atoms with Crippen LogP contribution in [0.1, 0.15) is 0 Å². The van der Waals surface area contributed by atoms with Crippen molar-refractivity contribution in [2.24, 2.45) is 0 Å². The Balaban J connectivity index is 3.03. The average molecular weight is 128 g/mol.